The molecule has 0 spiro atoms. The summed E-state index contributed by atoms with van der Waals surface area (Å²) in [6.45, 7) is 5.38. The fourth-order valence-electron chi connectivity index (χ4n) is 2.30. The molecule has 21 heavy (non-hydrogen) atoms. The van der Waals surface area contributed by atoms with Crippen molar-refractivity contribution in [3.8, 4) is 0 Å². The summed E-state index contributed by atoms with van der Waals surface area (Å²) in [5.74, 6) is 0.0656. The molecule has 0 heterocycles. The maximum atomic E-state index is 12.0. The lowest BCUT2D eigenvalue weighted by molar-refractivity contribution is -0.120. The Hall–Kier alpha value is -1.87. The maximum absolute atomic E-state index is 12.0. The molecule has 0 aliphatic rings. The molecule has 1 amide bonds. The Kier molecular flexibility index (Phi) is 5.76. The number of benzene rings is 2. The van der Waals surface area contributed by atoms with Gasteiger partial charge in [-0.05, 0) is 36.6 Å². The molecule has 1 N–H and O–H groups in total. The fraction of sp³-hybridized carbons (Fsp3) is 0.389. The lowest BCUT2D eigenvalue weighted by atomic mass is 10.0. The van der Waals surface area contributed by atoms with Gasteiger partial charge in [0.05, 0.1) is 12.5 Å². The SMILES string of the molecule is CC(C)OCCCNC(=O)Cc1cccc2ccccc12. The predicted octanol–water partition coefficient (Wildman–Crippen LogP) is 3.31. The van der Waals surface area contributed by atoms with Gasteiger partial charge in [-0.25, -0.2) is 0 Å². The third-order valence-corrected chi connectivity index (χ3v) is 3.33. The minimum Gasteiger partial charge on any atom is -0.379 e. The molecular weight excluding hydrogens is 262 g/mol. The molecule has 0 atom stereocenters. The molecule has 112 valence electrons. The van der Waals surface area contributed by atoms with E-state index in [2.05, 4.69) is 23.5 Å². The summed E-state index contributed by atoms with van der Waals surface area (Å²) in [6.07, 6.45) is 1.52. The molecule has 0 bridgehead atoms. The van der Waals surface area contributed by atoms with Crippen LogP contribution in [-0.4, -0.2) is 25.2 Å². The second kappa shape index (κ2) is 7.79. The number of nitrogens with one attached hydrogen (secondary N) is 1. The van der Waals surface area contributed by atoms with E-state index in [1.165, 1.54) is 5.39 Å². The van der Waals surface area contributed by atoms with Gasteiger partial charge in [-0.3, -0.25) is 4.79 Å². The highest BCUT2D eigenvalue weighted by Gasteiger charge is 2.06. The molecule has 0 fully saturated rings. The second-order valence-corrected chi connectivity index (χ2v) is 5.44. The van der Waals surface area contributed by atoms with E-state index < -0.39 is 0 Å². The van der Waals surface area contributed by atoms with Crippen LogP contribution in [0.3, 0.4) is 0 Å². The highest BCUT2D eigenvalue weighted by molar-refractivity contribution is 5.90. The van der Waals surface area contributed by atoms with Crippen LogP contribution in [0.25, 0.3) is 10.8 Å². The quantitative estimate of drug-likeness (QED) is 0.793. The van der Waals surface area contributed by atoms with Gasteiger partial charge in [-0.15, -0.1) is 0 Å². The first-order chi connectivity index (χ1) is 10.2. The Labute approximate surface area is 126 Å². The van der Waals surface area contributed by atoms with Gasteiger partial charge in [0.1, 0.15) is 0 Å². The Morgan fingerprint density at radius 3 is 2.71 bits per heavy atom. The van der Waals surface area contributed by atoms with E-state index in [9.17, 15) is 4.79 Å². The highest BCUT2D eigenvalue weighted by atomic mass is 16.5. The fourth-order valence-corrected chi connectivity index (χ4v) is 2.30. The first-order valence-electron chi connectivity index (χ1n) is 7.52. The summed E-state index contributed by atoms with van der Waals surface area (Å²) in [4.78, 5) is 12.0. The molecule has 0 saturated carbocycles. The summed E-state index contributed by atoms with van der Waals surface area (Å²) in [7, 11) is 0. The smallest absolute Gasteiger partial charge is 0.224 e. The van der Waals surface area contributed by atoms with Crippen molar-refractivity contribution in [2.24, 2.45) is 0 Å². The average Bonchev–Trinajstić information content (AvgIpc) is 2.47. The van der Waals surface area contributed by atoms with Crippen molar-refractivity contribution < 1.29 is 9.53 Å². The van der Waals surface area contributed by atoms with Crippen LogP contribution < -0.4 is 5.32 Å². The number of ether oxygens (including phenoxy) is 1. The summed E-state index contributed by atoms with van der Waals surface area (Å²) in [6, 6.07) is 14.2. The monoisotopic (exact) mass is 285 g/mol. The van der Waals surface area contributed by atoms with Gasteiger partial charge >= 0.3 is 0 Å². The number of hydrogen-bond acceptors (Lipinski definition) is 2. The third kappa shape index (κ3) is 4.87. The minimum absolute atomic E-state index is 0.0656. The van der Waals surface area contributed by atoms with Gasteiger partial charge < -0.3 is 10.1 Å². The number of fused-ring (bicyclic) bond motifs is 1. The molecule has 0 aliphatic carbocycles. The molecule has 0 saturated heterocycles. The largest absolute Gasteiger partial charge is 0.379 e. The van der Waals surface area contributed by atoms with Crippen molar-refractivity contribution in [1.29, 1.82) is 0 Å². The van der Waals surface area contributed by atoms with E-state index in [0.717, 1.165) is 17.4 Å². The van der Waals surface area contributed by atoms with Crippen LogP contribution in [-0.2, 0) is 16.0 Å². The van der Waals surface area contributed by atoms with Gasteiger partial charge in [0, 0.05) is 13.2 Å². The van der Waals surface area contributed by atoms with E-state index in [1.54, 1.807) is 0 Å². The van der Waals surface area contributed by atoms with Gasteiger partial charge in [0.25, 0.3) is 0 Å². The number of carbonyl (C=O) groups excluding carboxylic acids is 1. The van der Waals surface area contributed by atoms with E-state index in [4.69, 9.17) is 4.74 Å². The Morgan fingerprint density at radius 2 is 1.90 bits per heavy atom. The lowest BCUT2D eigenvalue weighted by Crippen LogP contribution is -2.27. The third-order valence-electron chi connectivity index (χ3n) is 3.33. The van der Waals surface area contributed by atoms with Crippen molar-refractivity contribution in [3.63, 3.8) is 0 Å². The van der Waals surface area contributed by atoms with E-state index in [-0.39, 0.29) is 12.0 Å². The minimum atomic E-state index is 0.0656. The van der Waals surface area contributed by atoms with Crippen LogP contribution >= 0.6 is 0 Å². The van der Waals surface area contributed by atoms with Gasteiger partial charge in [0.15, 0.2) is 0 Å². The molecule has 0 aliphatic heterocycles. The molecular formula is C18H23NO2. The van der Waals surface area contributed by atoms with Crippen LogP contribution in [0.15, 0.2) is 42.5 Å². The first kappa shape index (κ1) is 15.5. The van der Waals surface area contributed by atoms with Crippen LogP contribution in [0.5, 0.6) is 0 Å². The topological polar surface area (TPSA) is 38.3 Å². The highest BCUT2D eigenvalue weighted by Crippen LogP contribution is 2.18. The van der Waals surface area contributed by atoms with E-state index in [1.807, 2.05) is 38.1 Å². The Bertz CT molecular complexity index is 587. The van der Waals surface area contributed by atoms with Crippen molar-refractivity contribution in [2.45, 2.75) is 32.8 Å². The van der Waals surface area contributed by atoms with Crippen molar-refractivity contribution in [2.75, 3.05) is 13.2 Å². The van der Waals surface area contributed by atoms with Crippen LogP contribution in [0.4, 0.5) is 0 Å². The zero-order valence-corrected chi connectivity index (χ0v) is 12.8. The van der Waals surface area contributed by atoms with Crippen molar-refractivity contribution in [1.82, 2.24) is 5.32 Å². The molecule has 3 heteroatoms. The molecule has 3 nitrogen and oxygen atoms in total. The van der Waals surface area contributed by atoms with Crippen LogP contribution in [0.1, 0.15) is 25.8 Å². The number of amides is 1. The Morgan fingerprint density at radius 1 is 1.14 bits per heavy atom. The van der Waals surface area contributed by atoms with Gasteiger partial charge in [0.2, 0.25) is 5.91 Å². The standard InChI is InChI=1S/C18H23NO2/c1-14(2)21-12-6-11-19-18(20)13-16-9-5-8-15-7-3-4-10-17(15)16/h3-5,7-10,14H,6,11-13H2,1-2H3,(H,19,20). The maximum Gasteiger partial charge on any atom is 0.224 e. The number of rotatable bonds is 7. The van der Waals surface area contributed by atoms with Gasteiger partial charge in [-0.2, -0.15) is 0 Å². The lowest BCUT2D eigenvalue weighted by Gasteiger charge is -2.09. The molecule has 2 aromatic rings. The molecule has 0 radical (unpaired) electrons. The van der Waals surface area contributed by atoms with E-state index >= 15 is 0 Å². The Balaban J connectivity index is 1.84. The van der Waals surface area contributed by atoms with Crippen molar-refractivity contribution in [3.05, 3.63) is 48.0 Å². The van der Waals surface area contributed by atoms with Crippen molar-refractivity contribution >= 4 is 16.7 Å². The molecule has 0 aromatic heterocycles. The zero-order chi connectivity index (χ0) is 15.1. The summed E-state index contributed by atoms with van der Waals surface area (Å²) in [5.41, 5.74) is 1.07. The average molecular weight is 285 g/mol. The normalized spacial score (nSPS) is 11.0. The molecule has 0 unspecified atom stereocenters. The number of carbonyl (C=O) groups is 1. The van der Waals surface area contributed by atoms with E-state index in [0.29, 0.717) is 19.6 Å². The summed E-state index contributed by atoms with van der Waals surface area (Å²) in [5, 5.41) is 5.28. The zero-order valence-electron chi connectivity index (χ0n) is 12.8. The molecule has 2 aromatic carbocycles. The number of hydrogen-bond donors (Lipinski definition) is 1. The van der Waals surface area contributed by atoms with Crippen LogP contribution in [0.2, 0.25) is 0 Å². The summed E-state index contributed by atoms with van der Waals surface area (Å²) >= 11 is 0. The summed E-state index contributed by atoms with van der Waals surface area (Å²) < 4.78 is 5.45. The van der Waals surface area contributed by atoms with Gasteiger partial charge in [-0.1, -0.05) is 42.5 Å². The molecule has 2 rings (SSSR count). The predicted molar refractivity (Wildman–Crippen MR) is 86.4 cm³/mol. The second-order valence-electron chi connectivity index (χ2n) is 5.44. The first-order valence-corrected chi connectivity index (χ1v) is 7.52. The van der Waals surface area contributed by atoms with Crippen LogP contribution in [0, 0.1) is 0 Å².